The molecule has 1 fully saturated rings. The number of hydrogen-bond acceptors (Lipinski definition) is 2. The van der Waals surface area contributed by atoms with Crippen LogP contribution in [0.3, 0.4) is 0 Å². The summed E-state index contributed by atoms with van der Waals surface area (Å²) in [5.41, 5.74) is 3.58. The van der Waals surface area contributed by atoms with Crippen molar-refractivity contribution in [2.24, 2.45) is 0 Å². The van der Waals surface area contributed by atoms with Gasteiger partial charge in [0.25, 0.3) is 5.91 Å². The number of para-hydroxylation sites is 1. The maximum Gasteiger partial charge on any atom is 0.257 e. The topological polar surface area (TPSA) is 39.3 Å². The van der Waals surface area contributed by atoms with Gasteiger partial charge in [0.15, 0.2) is 0 Å². The normalized spacial score (nSPS) is 23.5. The summed E-state index contributed by atoms with van der Waals surface area (Å²) in [6.45, 7) is 0.462. The number of carbonyl (C=O) groups is 1. The molecule has 1 saturated carbocycles. The molecule has 6 rings (SSSR count). The van der Waals surface area contributed by atoms with Crippen molar-refractivity contribution in [3.63, 3.8) is 0 Å². The molecule has 0 unspecified atom stereocenters. The fourth-order valence-electron chi connectivity index (χ4n) is 6.87. The number of aromatic nitrogens is 1. The highest BCUT2D eigenvalue weighted by Gasteiger charge is 2.53. The zero-order valence-electron chi connectivity index (χ0n) is 21.2. The van der Waals surface area contributed by atoms with Gasteiger partial charge in [0.1, 0.15) is 11.6 Å². The molecule has 1 amide bonds. The molecule has 0 saturated heterocycles. The highest BCUT2D eigenvalue weighted by atomic mass is 19.1. The first kappa shape index (κ1) is 23.9. The summed E-state index contributed by atoms with van der Waals surface area (Å²) in [4.78, 5) is 21.7. The first-order valence-corrected chi connectivity index (χ1v) is 13.0. The summed E-state index contributed by atoms with van der Waals surface area (Å²) in [6, 6.07) is 21.9. The van der Waals surface area contributed by atoms with Crippen LogP contribution in [0.1, 0.15) is 52.9 Å². The number of fused-ring (bicyclic) bond motifs is 4. The molecule has 1 aliphatic heterocycles. The lowest BCUT2D eigenvalue weighted by Gasteiger charge is -2.55. The van der Waals surface area contributed by atoms with Crippen LogP contribution in [0.25, 0.3) is 10.9 Å². The number of benzene rings is 3. The Morgan fingerprint density at radius 2 is 1.62 bits per heavy atom. The highest BCUT2D eigenvalue weighted by molar-refractivity contribution is 5.96. The lowest BCUT2D eigenvalue weighted by atomic mass is 9.65. The van der Waals surface area contributed by atoms with Gasteiger partial charge >= 0.3 is 0 Å². The molecule has 4 nitrogen and oxygen atoms in total. The molecule has 37 heavy (non-hydrogen) atoms. The van der Waals surface area contributed by atoms with Gasteiger partial charge < -0.3 is 9.88 Å². The molecule has 0 atom stereocenters. The van der Waals surface area contributed by atoms with E-state index in [1.807, 2.05) is 23.1 Å². The van der Waals surface area contributed by atoms with E-state index in [1.165, 1.54) is 16.5 Å². The van der Waals surface area contributed by atoms with Gasteiger partial charge in [0.2, 0.25) is 0 Å². The van der Waals surface area contributed by atoms with E-state index in [4.69, 9.17) is 0 Å². The van der Waals surface area contributed by atoms with E-state index in [0.717, 1.165) is 42.3 Å². The van der Waals surface area contributed by atoms with E-state index in [0.29, 0.717) is 25.8 Å². The van der Waals surface area contributed by atoms with Crippen LogP contribution < -0.4 is 0 Å². The first-order valence-electron chi connectivity index (χ1n) is 13.0. The van der Waals surface area contributed by atoms with Gasteiger partial charge in [-0.15, -0.1) is 0 Å². The van der Waals surface area contributed by atoms with Crippen LogP contribution in [0.5, 0.6) is 0 Å². The number of carbonyl (C=O) groups excluding carboxylic acids is 1. The zero-order valence-corrected chi connectivity index (χ0v) is 21.2. The molecule has 190 valence electrons. The third-order valence-corrected chi connectivity index (χ3v) is 8.86. The van der Waals surface area contributed by atoms with Gasteiger partial charge in [-0.1, -0.05) is 48.5 Å². The van der Waals surface area contributed by atoms with Crippen molar-refractivity contribution in [1.29, 1.82) is 0 Å². The molecular weight excluding hydrogens is 468 g/mol. The van der Waals surface area contributed by atoms with Crippen LogP contribution >= 0.6 is 0 Å². The summed E-state index contributed by atoms with van der Waals surface area (Å²) in [5.74, 6) is -1.74. The van der Waals surface area contributed by atoms with E-state index < -0.39 is 23.1 Å². The summed E-state index contributed by atoms with van der Waals surface area (Å²) in [7, 11) is 4.23. The largest absolute Gasteiger partial charge is 0.356 e. The summed E-state index contributed by atoms with van der Waals surface area (Å²) >= 11 is 0. The Morgan fingerprint density at radius 3 is 2.35 bits per heavy atom. The minimum atomic E-state index is -0.688. The van der Waals surface area contributed by atoms with Crippen molar-refractivity contribution >= 4 is 16.8 Å². The smallest absolute Gasteiger partial charge is 0.257 e. The molecule has 1 aliphatic carbocycles. The molecule has 0 bridgehead atoms. The maximum absolute atomic E-state index is 14.8. The molecule has 1 N–H and O–H groups in total. The average Bonchev–Trinajstić information content (AvgIpc) is 3.31. The van der Waals surface area contributed by atoms with E-state index >= 15 is 0 Å². The maximum atomic E-state index is 14.8. The first-order chi connectivity index (χ1) is 17.9. The zero-order chi connectivity index (χ0) is 25.8. The standard InChI is InChI=1S/C31H31F2N3O/c1-35(2)30(21-8-4-3-5-9-21)15-17-31(18-16-30)28-24(23-10-6-7-11-27(23)34-28)14-19-36(31)29(37)25-20-22(32)12-13-26(25)33/h3-13,20,34H,14-19H2,1-2H3. The van der Waals surface area contributed by atoms with Crippen molar-refractivity contribution in [3.05, 3.63) is 107 Å². The Labute approximate surface area is 215 Å². The average molecular weight is 500 g/mol. The number of aromatic amines is 1. The third-order valence-electron chi connectivity index (χ3n) is 8.86. The number of H-pyrrole nitrogens is 1. The van der Waals surface area contributed by atoms with Gasteiger partial charge in [0.05, 0.1) is 11.1 Å². The van der Waals surface area contributed by atoms with E-state index in [2.05, 4.69) is 60.4 Å². The molecule has 0 radical (unpaired) electrons. The van der Waals surface area contributed by atoms with Crippen LogP contribution in [0.2, 0.25) is 0 Å². The number of nitrogens with one attached hydrogen (secondary N) is 1. The fourth-order valence-corrected chi connectivity index (χ4v) is 6.87. The second-order valence-electron chi connectivity index (χ2n) is 10.7. The Morgan fingerprint density at radius 1 is 0.919 bits per heavy atom. The van der Waals surface area contributed by atoms with Crippen molar-refractivity contribution in [2.75, 3.05) is 20.6 Å². The lowest BCUT2D eigenvalue weighted by Crippen LogP contribution is -2.58. The minimum Gasteiger partial charge on any atom is -0.356 e. The monoisotopic (exact) mass is 499 g/mol. The van der Waals surface area contributed by atoms with Gasteiger partial charge in [-0.3, -0.25) is 9.69 Å². The predicted molar refractivity (Wildman–Crippen MR) is 141 cm³/mol. The Balaban J connectivity index is 1.48. The second kappa shape index (κ2) is 8.80. The SMILES string of the molecule is CN(C)C1(c2ccccc2)CCC2(CC1)c1[nH]c3ccccc3c1CCN2C(=O)c1cc(F)ccc1F. The second-order valence-corrected chi connectivity index (χ2v) is 10.7. The van der Waals surface area contributed by atoms with Crippen LogP contribution in [-0.2, 0) is 17.5 Å². The number of rotatable bonds is 3. The molecule has 2 aliphatic rings. The third kappa shape index (κ3) is 3.61. The van der Waals surface area contributed by atoms with Crippen molar-refractivity contribution in [3.8, 4) is 0 Å². The molecule has 1 aromatic heterocycles. The van der Waals surface area contributed by atoms with Gasteiger partial charge in [0, 0.05) is 28.7 Å². The van der Waals surface area contributed by atoms with Crippen molar-refractivity contribution in [1.82, 2.24) is 14.8 Å². The van der Waals surface area contributed by atoms with E-state index in [-0.39, 0.29) is 11.1 Å². The van der Waals surface area contributed by atoms with Gasteiger partial charge in [-0.25, -0.2) is 8.78 Å². The summed E-state index contributed by atoms with van der Waals surface area (Å²) in [5, 5.41) is 1.17. The van der Waals surface area contributed by atoms with Gasteiger partial charge in [-0.05, 0) is 81.6 Å². The molecule has 4 aromatic rings. The minimum absolute atomic E-state index is 0.172. The number of nitrogens with zero attached hydrogens (tertiary/aromatic N) is 2. The number of halogens is 2. The summed E-state index contributed by atoms with van der Waals surface area (Å²) < 4.78 is 28.9. The van der Waals surface area contributed by atoms with Crippen LogP contribution in [0.4, 0.5) is 8.78 Å². The number of amides is 1. The summed E-state index contributed by atoms with van der Waals surface area (Å²) in [6.07, 6.45) is 3.74. The van der Waals surface area contributed by atoms with Gasteiger partial charge in [-0.2, -0.15) is 0 Å². The Hall–Kier alpha value is -3.51. The molecule has 1 spiro atoms. The Bertz CT molecular complexity index is 1470. The predicted octanol–water partition coefficient (Wildman–Crippen LogP) is 6.37. The van der Waals surface area contributed by atoms with Crippen LogP contribution in [-0.4, -0.2) is 41.3 Å². The van der Waals surface area contributed by atoms with E-state index in [9.17, 15) is 13.6 Å². The van der Waals surface area contributed by atoms with Crippen LogP contribution in [0.15, 0.2) is 72.8 Å². The lowest BCUT2D eigenvalue weighted by molar-refractivity contribution is -0.0144. The van der Waals surface area contributed by atoms with Crippen molar-refractivity contribution < 1.29 is 13.6 Å². The van der Waals surface area contributed by atoms with E-state index in [1.54, 1.807) is 0 Å². The molecular formula is C31H31F2N3O. The van der Waals surface area contributed by atoms with Crippen molar-refractivity contribution in [2.45, 2.75) is 43.2 Å². The van der Waals surface area contributed by atoms with Crippen LogP contribution in [0, 0.1) is 11.6 Å². The quantitative estimate of drug-likeness (QED) is 0.356. The Kier molecular flexibility index (Phi) is 5.68. The highest BCUT2D eigenvalue weighted by Crippen LogP contribution is 2.53. The molecule has 6 heteroatoms. The molecule has 3 aromatic carbocycles. The number of hydrogen-bond donors (Lipinski definition) is 1. The molecule has 2 heterocycles. The fraction of sp³-hybridized carbons (Fsp3) is 0.323.